The summed E-state index contributed by atoms with van der Waals surface area (Å²) in [6.07, 6.45) is -0.818. The van der Waals surface area contributed by atoms with Gasteiger partial charge in [-0.15, -0.1) is 0 Å². The molecule has 0 saturated heterocycles. The Morgan fingerprint density at radius 1 is 0.867 bits per heavy atom. The van der Waals surface area contributed by atoms with Crippen molar-refractivity contribution in [2.45, 2.75) is 18.8 Å². The van der Waals surface area contributed by atoms with E-state index in [1.807, 2.05) is 48.5 Å². The van der Waals surface area contributed by atoms with Gasteiger partial charge in [0.15, 0.2) is 6.29 Å². The predicted molar refractivity (Wildman–Crippen MR) is 115 cm³/mol. The van der Waals surface area contributed by atoms with Crippen molar-refractivity contribution < 1.29 is 19.0 Å². The number of ether oxygens (including phenoxy) is 3. The van der Waals surface area contributed by atoms with Crippen LogP contribution in [0.4, 0.5) is 4.79 Å². The lowest BCUT2D eigenvalue weighted by Crippen LogP contribution is -2.25. The number of nitrogens with one attached hydrogen (secondary N) is 1. The summed E-state index contributed by atoms with van der Waals surface area (Å²) in [5, 5.41) is 2.82. The Labute approximate surface area is 176 Å². The van der Waals surface area contributed by atoms with E-state index in [1.165, 1.54) is 22.3 Å². The molecule has 0 saturated carbocycles. The molecule has 0 spiro atoms. The lowest BCUT2D eigenvalue weighted by molar-refractivity contribution is -0.106. The molecule has 0 bridgehead atoms. The largest absolute Gasteiger partial charge is 0.449 e. The zero-order chi connectivity index (χ0) is 20.9. The lowest BCUT2D eigenvalue weighted by atomic mass is 9.98. The normalized spacial score (nSPS) is 12.5. The number of amides is 1. The summed E-state index contributed by atoms with van der Waals surface area (Å²) in [6.45, 7) is 0.698. The van der Waals surface area contributed by atoms with Crippen molar-refractivity contribution in [1.82, 2.24) is 5.32 Å². The molecular weight excluding hydrogens is 378 g/mol. The number of alkyl carbamates (subject to hydrolysis) is 1. The van der Waals surface area contributed by atoms with Gasteiger partial charge in [-0.3, -0.25) is 0 Å². The molecule has 5 heteroatoms. The van der Waals surface area contributed by atoms with Crippen LogP contribution in [0.2, 0.25) is 0 Å². The summed E-state index contributed by atoms with van der Waals surface area (Å²) >= 11 is 0. The number of benzene rings is 3. The Balaban J connectivity index is 1.34. The molecule has 0 aliphatic heterocycles. The van der Waals surface area contributed by atoms with E-state index in [0.29, 0.717) is 13.2 Å². The first-order valence-electron chi connectivity index (χ1n) is 9.94. The van der Waals surface area contributed by atoms with Crippen molar-refractivity contribution in [3.8, 4) is 11.1 Å². The van der Waals surface area contributed by atoms with Crippen LogP contribution in [-0.2, 0) is 20.8 Å². The number of hydrogen-bond acceptors (Lipinski definition) is 4. The molecule has 0 aromatic heterocycles. The minimum absolute atomic E-state index is 0.0578. The number of hydrogen-bond donors (Lipinski definition) is 1. The Hall–Kier alpha value is -3.15. The highest BCUT2D eigenvalue weighted by Gasteiger charge is 2.28. The minimum Gasteiger partial charge on any atom is -0.449 e. The average molecular weight is 403 g/mol. The fraction of sp³-hybridized carbons (Fsp3) is 0.240. The summed E-state index contributed by atoms with van der Waals surface area (Å²) in [7, 11) is 3.20. The van der Waals surface area contributed by atoms with Gasteiger partial charge in [-0.1, -0.05) is 72.8 Å². The second-order valence-corrected chi connectivity index (χ2v) is 7.22. The Morgan fingerprint density at radius 3 is 2.00 bits per heavy atom. The van der Waals surface area contributed by atoms with Crippen LogP contribution in [-0.4, -0.2) is 26.9 Å². The van der Waals surface area contributed by atoms with Crippen molar-refractivity contribution in [3.05, 3.63) is 95.1 Å². The van der Waals surface area contributed by atoms with Gasteiger partial charge >= 0.3 is 6.09 Å². The number of carbonyl (C=O) groups is 1. The van der Waals surface area contributed by atoms with Gasteiger partial charge in [0.1, 0.15) is 6.61 Å². The molecule has 0 unspecified atom stereocenters. The maximum atomic E-state index is 12.3. The number of carbonyl (C=O) groups excluding carboxylic acids is 1. The monoisotopic (exact) mass is 403 g/mol. The minimum atomic E-state index is -0.424. The SMILES string of the molecule is COC(OC)c1ccc(CNC(=O)OCC2c3ccccc3-c3ccccc32)cc1. The fourth-order valence-corrected chi connectivity index (χ4v) is 3.98. The maximum Gasteiger partial charge on any atom is 0.407 e. The van der Waals surface area contributed by atoms with Gasteiger partial charge in [-0.2, -0.15) is 0 Å². The first-order valence-corrected chi connectivity index (χ1v) is 9.94. The van der Waals surface area contributed by atoms with E-state index in [4.69, 9.17) is 14.2 Å². The molecule has 0 heterocycles. The third-order valence-corrected chi connectivity index (χ3v) is 5.46. The molecule has 1 aliphatic carbocycles. The van der Waals surface area contributed by atoms with E-state index in [2.05, 4.69) is 29.6 Å². The summed E-state index contributed by atoms with van der Waals surface area (Å²) in [4.78, 5) is 12.3. The van der Waals surface area contributed by atoms with E-state index in [-0.39, 0.29) is 5.92 Å². The lowest BCUT2D eigenvalue weighted by Gasteiger charge is -2.15. The van der Waals surface area contributed by atoms with E-state index in [1.54, 1.807) is 14.2 Å². The van der Waals surface area contributed by atoms with E-state index in [0.717, 1.165) is 11.1 Å². The molecule has 1 aliphatic rings. The van der Waals surface area contributed by atoms with Gasteiger partial charge in [0.05, 0.1) is 0 Å². The van der Waals surface area contributed by atoms with Crippen molar-refractivity contribution in [2.75, 3.05) is 20.8 Å². The van der Waals surface area contributed by atoms with Gasteiger partial charge < -0.3 is 19.5 Å². The van der Waals surface area contributed by atoms with Gasteiger partial charge in [-0.05, 0) is 27.8 Å². The topological polar surface area (TPSA) is 56.8 Å². The van der Waals surface area contributed by atoms with Crippen LogP contribution in [0, 0.1) is 0 Å². The summed E-state index contributed by atoms with van der Waals surface area (Å²) in [6, 6.07) is 24.3. The molecule has 4 rings (SSSR count). The van der Waals surface area contributed by atoms with Gasteiger partial charge in [-0.25, -0.2) is 4.79 Å². The number of fused-ring (bicyclic) bond motifs is 3. The van der Waals surface area contributed by atoms with Crippen molar-refractivity contribution in [3.63, 3.8) is 0 Å². The van der Waals surface area contributed by atoms with E-state index < -0.39 is 12.4 Å². The zero-order valence-electron chi connectivity index (χ0n) is 17.1. The second-order valence-electron chi connectivity index (χ2n) is 7.22. The Bertz CT molecular complexity index is 966. The zero-order valence-corrected chi connectivity index (χ0v) is 17.1. The fourth-order valence-electron chi connectivity index (χ4n) is 3.98. The molecule has 30 heavy (non-hydrogen) atoms. The second kappa shape index (κ2) is 9.11. The first kappa shape index (κ1) is 20.1. The third kappa shape index (κ3) is 4.08. The van der Waals surface area contributed by atoms with Crippen LogP contribution in [0.3, 0.4) is 0 Å². The quantitative estimate of drug-likeness (QED) is 0.563. The highest BCUT2D eigenvalue weighted by atomic mass is 16.7. The standard InChI is InChI=1S/C25H25NO4/c1-28-24(29-2)18-13-11-17(12-14-18)15-26-25(27)30-16-23-21-9-5-3-7-19(21)20-8-4-6-10-22(20)23/h3-14,23-24H,15-16H2,1-2H3,(H,26,27). The molecule has 3 aromatic rings. The maximum absolute atomic E-state index is 12.3. The molecular formula is C25H25NO4. The predicted octanol–water partition coefficient (Wildman–Crippen LogP) is 5.02. The third-order valence-electron chi connectivity index (χ3n) is 5.46. The average Bonchev–Trinajstić information content (AvgIpc) is 3.12. The molecule has 1 N–H and O–H groups in total. The molecule has 0 radical (unpaired) electrons. The molecule has 0 fully saturated rings. The Kier molecular flexibility index (Phi) is 6.12. The summed E-state index contributed by atoms with van der Waals surface area (Å²) in [5.41, 5.74) is 6.73. The smallest absolute Gasteiger partial charge is 0.407 e. The Morgan fingerprint density at radius 2 is 1.43 bits per heavy atom. The summed E-state index contributed by atoms with van der Waals surface area (Å²) in [5.74, 6) is 0.0578. The van der Waals surface area contributed by atoms with E-state index in [9.17, 15) is 4.79 Å². The van der Waals surface area contributed by atoms with Gasteiger partial charge in [0.25, 0.3) is 0 Å². The van der Waals surface area contributed by atoms with Crippen molar-refractivity contribution in [2.24, 2.45) is 0 Å². The van der Waals surface area contributed by atoms with Gasteiger partial charge in [0.2, 0.25) is 0 Å². The van der Waals surface area contributed by atoms with E-state index >= 15 is 0 Å². The van der Waals surface area contributed by atoms with Crippen LogP contribution >= 0.6 is 0 Å². The first-order chi connectivity index (χ1) is 14.7. The number of methoxy groups -OCH3 is 2. The van der Waals surface area contributed by atoms with Crippen molar-refractivity contribution >= 4 is 6.09 Å². The molecule has 154 valence electrons. The molecule has 5 nitrogen and oxygen atoms in total. The van der Waals surface area contributed by atoms with Crippen LogP contribution in [0.25, 0.3) is 11.1 Å². The summed E-state index contributed by atoms with van der Waals surface area (Å²) < 4.78 is 16.1. The molecule has 3 aromatic carbocycles. The van der Waals surface area contributed by atoms with Crippen LogP contribution < -0.4 is 5.32 Å². The van der Waals surface area contributed by atoms with Crippen LogP contribution in [0.5, 0.6) is 0 Å². The highest BCUT2D eigenvalue weighted by molar-refractivity contribution is 5.79. The van der Waals surface area contributed by atoms with Gasteiger partial charge in [0, 0.05) is 32.2 Å². The number of rotatable bonds is 7. The molecule has 1 amide bonds. The highest BCUT2D eigenvalue weighted by Crippen LogP contribution is 2.44. The van der Waals surface area contributed by atoms with Crippen LogP contribution in [0.1, 0.15) is 34.5 Å². The van der Waals surface area contributed by atoms with Crippen LogP contribution in [0.15, 0.2) is 72.8 Å². The molecule has 0 atom stereocenters. The van der Waals surface area contributed by atoms with Crippen molar-refractivity contribution in [1.29, 1.82) is 0 Å².